The normalized spacial score (nSPS) is 10.3. The second kappa shape index (κ2) is 3.69. The Kier molecular flexibility index (Phi) is 2.38. The number of nitrogens with zero attached hydrogens (tertiary/aromatic N) is 2. The van der Waals surface area contributed by atoms with Crippen molar-refractivity contribution in [2.24, 2.45) is 0 Å². The third-order valence-corrected chi connectivity index (χ3v) is 2.44. The van der Waals surface area contributed by atoms with Gasteiger partial charge in [-0.15, -0.1) is 11.6 Å². The molecule has 1 heterocycles. The first kappa shape index (κ1) is 9.04. The highest BCUT2D eigenvalue weighted by molar-refractivity contribution is 6.17. The minimum Gasteiger partial charge on any atom is -0.345 e. The fourth-order valence-corrected chi connectivity index (χ4v) is 1.69. The molecule has 2 aromatic rings. The largest absolute Gasteiger partial charge is 0.345 e. The van der Waals surface area contributed by atoms with Gasteiger partial charge in [0.1, 0.15) is 0 Å². The van der Waals surface area contributed by atoms with Crippen molar-refractivity contribution in [1.82, 2.24) is 9.97 Å². The zero-order chi connectivity index (χ0) is 9.97. The zero-order valence-electron chi connectivity index (χ0n) is 7.42. The predicted octanol–water partition coefficient (Wildman–Crippen LogP) is 2.37. The molecule has 0 unspecified atom stereocenters. The molecule has 0 aliphatic carbocycles. The van der Waals surface area contributed by atoms with E-state index in [9.17, 15) is 0 Å². The summed E-state index contributed by atoms with van der Waals surface area (Å²) in [6.45, 7) is 0. The van der Waals surface area contributed by atoms with Crippen LogP contribution < -0.4 is 0 Å². The third kappa shape index (κ3) is 1.45. The van der Waals surface area contributed by atoms with Crippen molar-refractivity contribution >= 4 is 22.6 Å². The van der Waals surface area contributed by atoms with Gasteiger partial charge >= 0.3 is 0 Å². The Morgan fingerprint density at radius 2 is 2.29 bits per heavy atom. The summed E-state index contributed by atoms with van der Waals surface area (Å²) in [7, 11) is 0. The second-order valence-electron chi connectivity index (χ2n) is 3.01. The molecule has 0 fully saturated rings. The topological polar surface area (TPSA) is 52.5 Å². The summed E-state index contributed by atoms with van der Waals surface area (Å²) in [5.74, 6) is 0.423. The molecule has 1 aromatic carbocycles. The van der Waals surface area contributed by atoms with E-state index in [1.165, 1.54) is 0 Å². The number of fused-ring (bicyclic) bond motifs is 1. The number of aromatic amines is 1. The fourth-order valence-electron chi connectivity index (χ4n) is 1.44. The van der Waals surface area contributed by atoms with Crippen molar-refractivity contribution < 1.29 is 0 Å². The van der Waals surface area contributed by atoms with Crippen molar-refractivity contribution in [3.05, 3.63) is 29.6 Å². The first-order chi connectivity index (χ1) is 6.85. The lowest BCUT2D eigenvalue weighted by Crippen LogP contribution is -1.90. The van der Waals surface area contributed by atoms with Crippen molar-refractivity contribution in [3.63, 3.8) is 0 Å². The molecule has 70 valence electrons. The average molecular weight is 206 g/mol. The lowest BCUT2D eigenvalue weighted by Gasteiger charge is -2.02. The van der Waals surface area contributed by atoms with Crippen LogP contribution in [0.1, 0.15) is 11.1 Å². The molecule has 3 nitrogen and oxygen atoms in total. The Hall–Kier alpha value is -1.53. The molecule has 0 spiro atoms. The van der Waals surface area contributed by atoms with Gasteiger partial charge in [-0.3, -0.25) is 0 Å². The van der Waals surface area contributed by atoms with Crippen LogP contribution in [0.25, 0.3) is 11.0 Å². The van der Waals surface area contributed by atoms with E-state index in [4.69, 9.17) is 16.9 Å². The van der Waals surface area contributed by atoms with E-state index in [2.05, 4.69) is 16.0 Å². The highest BCUT2D eigenvalue weighted by atomic mass is 35.5. The summed E-state index contributed by atoms with van der Waals surface area (Å²) < 4.78 is 0. The number of hydrogen-bond donors (Lipinski definition) is 1. The van der Waals surface area contributed by atoms with Crippen LogP contribution in [-0.4, -0.2) is 9.97 Å². The van der Waals surface area contributed by atoms with Crippen molar-refractivity contribution in [2.45, 2.75) is 12.3 Å². The number of H-pyrrole nitrogens is 1. The van der Waals surface area contributed by atoms with Crippen LogP contribution in [0, 0.1) is 11.3 Å². The highest BCUT2D eigenvalue weighted by Gasteiger charge is 2.05. The number of aromatic nitrogens is 2. The van der Waals surface area contributed by atoms with Gasteiger partial charge in [0.05, 0.1) is 29.9 Å². The van der Waals surface area contributed by atoms with Gasteiger partial charge < -0.3 is 4.98 Å². The van der Waals surface area contributed by atoms with Gasteiger partial charge in [0.15, 0.2) is 0 Å². The van der Waals surface area contributed by atoms with Gasteiger partial charge in [-0.25, -0.2) is 4.98 Å². The number of halogens is 1. The quantitative estimate of drug-likeness (QED) is 0.766. The average Bonchev–Trinajstić information content (AvgIpc) is 2.64. The predicted molar refractivity (Wildman–Crippen MR) is 55.0 cm³/mol. The summed E-state index contributed by atoms with van der Waals surface area (Å²) in [5, 5.41) is 8.64. The summed E-state index contributed by atoms with van der Waals surface area (Å²) in [5.41, 5.74) is 3.79. The van der Waals surface area contributed by atoms with Crippen molar-refractivity contribution in [1.29, 1.82) is 5.26 Å². The highest BCUT2D eigenvalue weighted by Crippen LogP contribution is 2.19. The smallest absolute Gasteiger partial charge is 0.0931 e. The Bertz CT molecular complexity index is 496. The maximum atomic E-state index is 8.64. The Morgan fingerprint density at radius 1 is 1.43 bits per heavy atom. The molecule has 0 atom stereocenters. The number of benzene rings is 1. The van der Waals surface area contributed by atoms with Crippen molar-refractivity contribution in [2.75, 3.05) is 0 Å². The Balaban J connectivity index is 2.61. The maximum Gasteiger partial charge on any atom is 0.0931 e. The fraction of sp³-hybridized carbons (Fsp3) is 0.200. The van der Waals surface area contributed by atoms with Gasteiger partial charge in [-0.1, -0.05) is 0 Å². The number of hydrogen-bond acceptors (Lipinski definition) is 2. The van der Waals surface area contributed by atoms with Crippen LogP contribution in [0.5, 0.6) is 0 Å². The zero-order valence-corrected chi connectivity index (χ0v) is 8.17. The summed E-state index contributed by atoms with van der Waals surface area (Å²) in [6.07, 6.45) is 2.02. The van der Waals surface area contributed by atoms with E-state index in [0.29, 0.717) is 12.3 Å². The van der Waals surface area contributed by atoms with Crippen LogP contribution in [0.2, 0.25) is 0 Å². The number of alkyl halides is 1. The number of rotatable bonds is 2. The Morgan fingerprint density at radius 3 is 3.00 bits per heavy atom. The summed E-state index contributed by atoms with van der Waals surface area (Å²) in [4.78, 5) is 7.14. The monoisotopic (exact) mass is 205 g/mol. The van der Waals surface area contributed by atoms with E-state index >= 15 is 0 Å². The van der Waals surface area contributed by atoms with E-state index in [0.717, 1.165) is 22.2 Å². The first-order valence-electron chi connectivity index (χ1n) is 4.23. The second-order valence-corrected chi connectivity index (χ2v) is 3.28. The van der Waals surface area contributed by atoms with E-state index in [-0.39, 0.29) is 0 Å². The van der Waals surface area contributed by atoms with Crippen LogP contribution >= 0.6 is 11.6 Å². The molecule has 14 heavy (non-hydrogen) atoms. The third-order valence-electron chi connectivity index (χ3n) is 2.16. The Labute approximate surface area is 86.3 Å². The van der Waals surface area contributed by atoms with Gasteiger partial charge in [0.2, 0.25) is 0 Å². The molecular formula is C10H8ClN3. The van der Waals surface area contributed by atoms with Gasteiger partial charge in [-0.05, 0) is 23.3 Å². The molecule has 0 radical (unpaired) electrons. The molecule has 4 heteroatoms. The van der Waals surface area contributed by atoms with Gasteiger partial charge in [0, 0.05) is 5.88 Å². The number of nitrogens with one attached hydrogen (secondary N) is 1. The van der Waals surface area contributed by atoms with Crippen LogP contribution in [0.3, 0.4) is 0 Å². The first-order valence-corrected chi connectivity index (χ1v) is 4.76. The molecular weight excluding hydrogens is 198 g/mol. The van der Waals surface area contributed by atoms with E-state index in [1.54, 1.807) is 6.33 Å². The maximum absolute atomic E-state index is 8.64. The van der Waals surface area contributed by atoms with E-state index < -0.39 is 0 Å². The SMILES string of the molecule is N#CCc1cc2nc[nH]c2cc1CCl. The lowest BCUT2D eigenvalue weighted by molar-refractivity contribution is 1.20. The van der Waals surface area contributed by atoms with Crippen LogP contribution in [-0.2, 0) is 12.3 Å². The molecule has 0 amide bonds. The van der Waals surface area contributed by atoms with Crippen LogP contribution in [0.15, 0.2) is 18.5 Å². The number of nitriles is 1. The van der Waals surface area contributed by atoms with Crippen molar-refractivity contribution in [3.8, 4) is 6.07 Å². The van der Waals surface area contributed by atoms with Crippen LogP contribution in [0.4, 0.5) is 0 Å². The number of imidazole rings is 1. The summed E-state index contributed by atoms with van der Waals surface area (Å²) >= 11 is 5.79. The molecule has 0 bridgehead atoms. The standard InChI is InChI=1S/C10H8ClN3/c11-5-8-4-10-9(13-6-14-10)3-7(8)1-2-12/h3-4,6H,1,5H2,(H,13,14). The van der Waals surface area contributed by atoms with Gasteiger partial charge in [-0.2, -0.15) is 5.26 Å². The lowest BCUT2D eigenvalue weighted by atomic mass is 10.1. The molecule has 1 aromatic heterocycles. The summed E-state index contributed by atoms with van der Waals surface area (Å²) in [6, 6.07) is 5.97. The molecule has 0 aliphatic heterocycles. The molecule has 0 saturated heterocycles. The molecule has 0 saturated carbocycles. The van der Waals surface area contributed by atoms with Gasteiger partial charge in [0.25, 0.3) is 0 Å². The molecule has 1 N–H and O–H groups in total. The van der Waals surface area contributed by atoms with E-state index in [1.807, 2.05) is 12.1 Å². The minimum absolute atomic E-state index is 0.380. The minimum atomic E-state index is 0.380. The molecule has 0 aliphatic rings. The molecule has 2 rings (SSSR count).